The van der Waals surface area contributed by atoms with E-state index in [1.54, 1.807) is 23.1 Å². The van der Waals surface area contributed by atoms with Gasteiger partial charge in [0.05, 0.1) is 5.02 Å². The third-order valence-electron chi connectivity index (χ3n) is 5.63. The third-order valence-corrected chi connectivity index (χ3v) is 6.51. The molecule has 1 saturated heterocycles. The molecule has 7 nitrogen and oxygen atoms in total. The molecule has 3 rings (SSSR count). The summed E-state index contributed by atoms with van der Waals surface area (Å²) in [5, 5.41) is 12.0. The van der Waals surface area contributed by atoms with Crippen LogP contribution in [0.2, 0.25) is 10.0 Å². The van der Waals surface area contributed by atoms with Gasteiger partial charge in [0.25, 0.3) is 0 Å². The molecule has 180 valence electrons. The summed E-state index contributed by atoms with van der Waals surface area (Å²) >= 11 is 12.8. The van der Waals surface area contributed by atoms with Crippen LogP contribution in [0.4, 0.5) is 0 Å². The maximum absolute atomic E-state index is 12.6. The summed E-state index contributed by atoms with van der Waals surface area (Å²) in [5.74, 6) is -1.44. The first-order valence-corrected chi connectivity index (χ1v) is 11.7. The van der Waals surface area contributed by atoms with Crippen molar-refractivity contribution in [3.63, 3.8) is 0 Å². The Hall–Kier alpha value is -3.03. The van der Waals surface area contributed by atoms with Gasteiger partial charge in [-0.25, -0.2) is 0 Å². The normalized spacial score (nSPS) is 15.2. The van der Waals surface area contributed by atoms with Gasteiger partial charge in [-0.15, -0.1) is 0 Å². The highest BCUT2D eigenvalue weighted by Crippen LogP contribution is 2.35. The number of carbonyl (C=O) groups is 3. The van der Waals surface area contributed by atoms with Gasteiger partial charge in [-0.3, -0.25) is 14.4 Å². The minimum Gasteiger partial charge on any atom is -0.487 e. The molecule has 1 fully saturated rings. The van der Waals surface area contributed by atoms with E-state index in [9.17, 15) is 14.4 Å². The van der Waals surface area contributed by atoms with Crippen molar-refractivity contribution in [3.8, 4) is 5.75 Å². The molecule has 2 aromatic rings. The van der Waals surface area contributed by atoms with Crippen molar-refractivity contribution in [1.82, 2.24) is 10.2 Å². The van der Waals surface area contributed by atoms with E-state index in [1.165, 1.54) is 13.0 Å². The number of ether oxygens (including phenoxy) is 1. The second-order valence-corrected chi connectivity index (χ2v) is 8.81. The summed E-state index contributed by atoms with van der Waals surface area (Å²) < 4.78 is 5.76. The first kappa shape index (κ1) is 25.6. The fourth-order valence-corrected chi connectivity index (χ4v) is 3.99. The quantitative estimate of drug-likeness (QED) is 0.519. The minimum absolute atomic E-state index is 0.200. The van der Waals surface area contributed by atoms with E-state index in [1.807, 2.05) is 30.3 Å². The van der Waals surface area contributed by atoms with Gasteiger partial charge in [0, 0.05) is 25.1 Å². The molecule has 0 spiro atoms. The van der Waals surface area contributed by atoms with Gasteiger partial charge in [0.15, 0.2) is 0 Å². The molecule has 0 aliphatic carbocycles. The number of carboxylic acids is 1. The van der Waals surface area contributed by atoms with Crippen molar-refractivity contribution < 1.29 is 24.2 Å². The van der Waals surface area contributed by atoms with E-state index >= 15 is 0 Å². The lowest BCUT2D eigenvalue weighted by molar-refractivity contribution is -0.142. The van der Waals surface area contributed by atoms with Crippen LogP contribution in [-0.4, -0.2) is 46.9 Å². The molecule has 0 radical (unpaired) electrons. The maximum atomic E-state index is 12.6. The monoisotopic (exact) mass is 504 g/mol. The fraction of sp³-hybridized carbons (Fsp3) is 0.320. The number of piperidine rings is 1. The molecule has 0 saturated carbocycles. The first-order chi connectivity index (χ1) is 16.3. The maximum Gasteiger partial charge on any atom is 0.325 e. The number of hydrogen-bond donors (Lipinski definition) is 2. The highest BCUT2D eigenvalue weighted by atomic mass is 35.5. The third kappa shape index (κ3) is 6.74. The molecule has 34 heavy (non-hydrogen) atoms. The van der Waals surface area contributed by atoms with E-state index in [0.717, 1.165) is 5.56 Å². The minimum atomic E-state index is -1.08. The molecule has 2 amide bonds. The van der Waals surface area contributed by atoms with Gasteiger partial charge in [-0.2, -0.15) is 0 Å². The average Bonchev–Trinajstić information content (AvgIpc) is 2.84. The van der Waals surface area contributed by atoms with Gasteiger partial charge in [0.1, 0.15) is 23.4 Å². The van der Waals surface area contributed by atoms with Crippen LogP contribution in [0.1, 0.15) is 30.9 Å². The Balaban J connectivity index is 1.54. The largest absolute Gasteiger partial charge is 0.487 e. The number of amides is 2. The Bertz CT molecular complexity index is 1070. The summed E-state index contributed by atoms with van der Waals surface area (Å²) in [5.41, 5.74) is 1.59. The molecule has 1 unspecified atom stereocenters. The van der Waals surface area contributed by atoms with Crippen LogP contribution in [0, 0.1) is 5.92 Å². The summed E-state index contributed by atoms with van der Waals surface area (Å²) in [4.78, 5) is 37.3. The Labute approximate surface area is 208 Å². The first-order valence-electron chi connectivity index (χ1n) is 10.9. The Morgan fingerprint density at radius 3 is 2.44 bits per heavy atom. The predicted octanol–water partition coefficient (Wildman–Crippen LogP) is 4.41. The summed E-state index contributed by atoms with van der Waals surface area (Å²) in [6.45, 7) is 2.59. The molecule has 1 heterocycles. The molecule has 9 heteroatoms. The number of benzene rings is 2. The van der Waals surface area contributed by atoms with Crippen LogP contribution in [0.15, 0.2) is 48.5 Å². The topological polar surface area (TPSA) is 95.9 Å². The van der Waals surface area contributed by atoms with Gasteiger partial charge < -0.3 is 20.1 Å². The van der Waals surface area contributed by atoms with E-state index in [-0.39, 0.29) is 22.8 Å². The number of likely N-dealkylation sites (tertiary alicyclic amines) is 1. The fourth-order valence-electron chi connectivity index (χ4n) is 3.54. The number of aliphatic carboxylic acids is 1. The molecule has 0 aromatic heterocycles. The molecule has 2 N–H and O–H groups in total. The summed E-state index contributed by atoms with van der Waals surface area (Å²) in [7, 11) is 0. The SMILES string of the molecule is CC(NC(=O)C1CCN(C(=O)C=Cc2ccc(OCc3ccccc3)c(Cl)c2Cl)CC1)C(=O)O. The molecule has 1 aliphatic heterocycles. The highest BCUT2D eigenvalue weighted by Gasteiger charge is 2.28. The van der Waals surface area contributed by atoms with Crippen LogP contribution < -0.4 is 10.1 Å². The molecule has 0 bridgehead atoms. The molecule has 1 atom stereocenters. The zero-order valence-electron chi connectivity index (χ0n) is 18.7. The summed E-state index contributed by atoms with van der Waals surface area (Å²) in [6, 6.07) is 12.2. The van der Waals surface area contributed by atoms with Crippen LogP contribution in [0.3, 0.4) is 0 Å². The number of carboxylic acid groups (broad SMARTS) is 1. The smallest absolute Gasteiger partial charge is 0.325 e. The number of nitrogens with one attached hydrogen (secondary N) is 1. The zero-order chi connectivity index (χ0) is 24.7. The lowest BCUT2D eigenvalue weighted by Gasteiger charge is -2.31. The Morgan fingerprint density at radius 2 is 1.79 bits per heavy atom. The Morgan fingerprint density at radius 1 is 1.12 bits per heavy atom. The zero-order valence-corrected chi connectivity index (χ0v) is 20.2. The van der Waals surface area contributed by atoms with Gasteiger partial charge in [-0.05, 0) is 49.1 Å². The molecule has 2 aromatic carbocycles. The number of carbonyl (C=O) groups excluding carboxylic acids is 2. The van der Waals surface area contributed by atoms with Crippen LogP contribution in [0.25, 0.3) is 6.08 Å². The van der Waals surface area contributed by atoms with Crippen molar-refractivity contribution in [2.75, 3.05) is 13.1 Å². The van der Waals surface area contributed by atoms with Crippen molar-refractivity contribution in [1.29, 1.82) is 0 Å². The number of halogens is 2. The van der Waals surface area contributed by atoms with E-state index in [0.29, 0.717) is 48.9 Å². The molecular formula is C25H26Cl2N2O5. The standard InChI is InChI=1S/C25H26Cl2N2O5/c1-16(25(32)33)28-24(31)19-11-13-29(14-12-19)21(30)10-8-18-7-9-20(23(27)22(18)26)34-15-17-5-3-2-4-6-17/h2-10,16,19H,11-15H2,1H3,(H,28,31)(H,32,33). The molecule has 1 aliphatic rings. The lowest BCUT2D eigenvalue weighted by atomic mass is 9.95. The highest BCUT2D eigenvalue weighted by molar-refractivity contribution is 6.43. The van der Waals surface area contributed by atoms with E-state index < -0.39 is 12.0 Å². The van der Waals surface area contributed by atoms with Crippen molar-refractivity contribution in [3.05, 3.63) is 69.7 Å². The van der Waals surface area contributed by atoms with Crippen LogP contribution >= 0.6 is 23.2 Å². The van der Waals surface area contributed by atoms with Crippen molar-refractivity contribution >= 4 is 47.1 Å². The second kappa shape index (κ2) is 11.9. The van der Waals surface area contributed by atoms with Crippen LogP contribution in [0.5, 0.6) is 5.75 Å². The van der Waals surface area contributed by atoms with Gasteiger partial charge in [0.2, 0.25) is 11.8 Å². The molecular weight excluding hydrogens is 479 g/mol. The number of rotatable bonds is 8. The Kier molecular flexibility index (Phi) is 8.96. The van der Waals surface area contributed by atoms with Crippen molar-refractivity contribution in [2.45, 2.75) is 32.4 Å². The van der Waals surface area contributed by atoms with Gasteiger partial charge >= 0.3 is 5.97 Å². The van der Waals surface area contributed by atoms with E-state index in [4.69, 9.17) is 33.0 Å². The van der Waals surface area contributed by atoms with Crippen molar-refractivity contribution in [2.24, 2.45) is 5.92 Å². The van der Waals surface area contributed by atoms with Gasteiger partial charge in [-0.1, -0.05) is 53.5 Å². The predicted molar refractivity (Wildman–Crippen MR) is 131 cm³/mol. The van der Waals surface area contributed by atoms with E-state index in [2.05, 4.69) is 5.32 Å². The average molecular weight is 505 g/mol. The number of nitrogens with zero attached hydrogens (tertiary/aromatic N) is 1. The lowest BCUT2D eigenvalue weighted by Crippen LogP contribution is -2.46. The number of hydrogen-bond acceptors (Lipinski definition) is 4. The van der Waals surface area contributed by atoms with Crippen LogP contribution in [-0.2, 0) is 21.0 Å². The second-order valence-electron chi connectivity index (χ2n) is 8.06. The summed E-state index contributed by atoms with van der Waals surface area (Å²) in [6.07, 6.45) is 3.97.